The molecule has 0 bridgehead atoms. The predicted molar refractivity (Wildman–Crippen MR) is 163 cm³/mol. The van der Waals surface area contributed by atoms with Crippen molar-refractivity contribution in [3.63, 3.8) is 0 Å². The normalized spacial score (nSPS) is 26.8. The van der Waals surface area contributed by atoms with Gasteiger partial charge in [-0.2, -0.15) is 0 Å². The third-order valence-electron chi connectivity index (χ3n) is 8.44. The molecule has 0 unspecified atom stereocenters. The standard InChI is InChI=1S/C32H49N5O4/c1-21-8-6-9-25(18-21)29-11-7-10-27(41-29)19-34-23(3)22(2)31(35-24(4)33)32(38)37-15-12-26(13-16-37)36-28-14-17-40-20-30(28)39-5/h6,8-9,18,26-30,34,36H,3,7,10-17,19-20H2,1-2,4-5H3,(H2,33,35)/b31-22-/t27-,28+,29+,30-/m0/s1. The van der Waals surface area contributed by atoms with Crippen molar-refractivity contribution in [2.45, 2.75) is 89.7 Å². The quantitative estimate of drug-likeness (QED) is 0.171. The lowest BCUT2D eigenvalue weighted by Crippen LogP contribution is -2.54. The van der Waals surface area contributed by atoms with E-state index in [2.05, 4.69) is 53.4 Å². The predicted octanol–water partition coefficient (Wildman–Crippen LogP) is 3.74. The average Bonchev–Trinajstić information content (AvgIpc) is 2.98. The number of methoxy groups -OCH3 is 1. The summed E-state index contributed by atoms with van der Waals surface area (Å²) >= 11 is 0. The van der Waals surface area contributed by atoms with Gasteiger partial charge in [-0.1, -0.05) is 36.4 Å². The Morgan fingerprint density at radius 3 is 2.68 bits per heavy atom. The number of aryl methyl sites for hydroxylation is 1. The number of carbonyl (C=O) groups is 1. The van der Waals surface area contributed by atoms with Crippen molar-refractivity contribution in [2.75, 3.05) is 40.0 Å². The Bertz CT molecular complexity index is 1110. The first-order valence-corrected chi connectivity index (χ1v) is 15.1. The molecule has 9 heteroatoms. The third-order valence-corrected chi connectivity index (χ3v) is 8.44. The number of aliphatic imine (C=N–C) groups is 1. The van der Waals surface area contributed by atoms with Crippen LogP contribution in [0, 0.1) is 6.92 Å². The molecular formula is C32H49N5O4. The van der Waals surface area contributed by atoms with Crippen molar-refractivity contribution in [1.29, 1.82) is 0 Å². The van der Waals surface area contributed by atoms with Crippen LogP contribution in [0.5, 0.6) is 0 Å². The fraction of sp³-hybridized carbons (Fsp3) is 0.625. The number of piperidine rings is 1. The van der Waals surface area contributed by atoms with E-state index in [1.807, 2.05) is 11.8 Å². The Morgan fingerprint density at radius 1 is 1.20 bits per heavy atom. The molecule has 4 atom stereocenters. The molecule has 0 saturated carbocycles. The third kappa shape index (κ3) is 8.64. The summed E-state index contributed by atoms with van der Waals surface area (Å²) in [5.74, 6) is 0.238. The van der Waals surface area contributed by atoms with Crippen LogP contribution in [0.25, 0.3) is 0 Å². The van der Waals surface area contributed by atoms with Gasteiger partial charge in [0.15, 0.2) is 0 Å². The zero-order valence-corrected chi connectivity index (χ0v) is 25.3. The van der Waals surface area contributed by atoms with E-state index in [1.54, 1.807) is 14.0 Å². The Morgan fingerprint density at radius 2 is 1.98 bits per heavy atom. The van der Waals surface area contributed by atoms with Gasteiger partial charge in [-0.25, -0.2) is 4.99 Å². The smallest absolute Gasteiger partial charge is 0.272 e. The fourth-order valence-electron chi connectivity index (χ4n) is 5.98. The molecule has 0 aromatic heterocycles. The molecule has 0 aliphatic carbocycles. The van der Waals surface area contributed by atoms with E-state index in [4.69, 9.17) is 19.9 Å². The van der Waals surface area contributed by atoms with Crippen molar-refractivity contribution >= 4 is 11.7 Å². The van der Waals surface area contributed by atoms with Crippen molar-refractivity contribution in [3.8, 4) is 0 Å². The average molecular weight is 568 g/mol. The van der Waals surface area contributed by atoms with Gasteiger partial charge < -0.3 is 35.5 Å². The molecule has 3 saturated heterocycles. The summed E-state index contributed by atoms with van der Waals surface area (Å²) in [5.41, 5.74) is 10.2. The van der Waals surface area contributed by atoms with Gasteiger partial charge in [0.1, 0.15) is 5.70 Å². The van der Waals surface area contributed by atoms with Crippen LogP contribution in [0.2, 0.25) is 0 Å². The van der Waals surface area contributed by atoms with E-state index in [-0.39, 0.29) is 30.3 Å². The van der Waals surface area contributed by atoms with Crippen molar-refractivity contribution in [3.05, 3.63) is 58.9 Å². The van der Waals surface area contributed by atoms with Gasteiger partial charge in [0.2, 0.25) is 0 Å². The Kier molecular flexibility index (Phi) is 11.4. The van der Waals surface area contributed by atoms with Crippen LogP contribution in [-0.2, 0) is 19.0 Å². The highest BCUT2D eigenvalue weighted by atomic mass is 16.5. The molecule has 3 aliphatic rings. The lowest BCUT2D eigenvalue weighted by Gasteiger charge is -2.38. The van der Waals surface area contributed by atoms with Crippen molar-refractivity contribution in [1.82, 2.24) is 15.5 Å². The number of nitrogens with one attached hydrogen (secondary N) is 2. The van der Waals surface area contributed by atoms with Crippen LogP contribution in [0.4, 0.5) is 0 Å². The molecule has 4 N–H and O–H groups in total. The van der Waals surface area contributed by atoms with E-state index in [0.29, 0.717) is 55.1 Å². The van der Waals surface area contributed by atoms with Crippen LogP contribution in [0.3, 0.4) is 0 Å². The molecule has 3 heterocycles. The summed E-state index contributed by atoms with van der Waals surface area (Å²) in [5, 5.41) is 7.17. The fourth-order valence-corrected chi connectivity index (χ4v) is 5.98. The number of amides is 1. The minimum atomic E-state index is -0.108. The van der Waals surface area contributed by atoms with E-state index < -0.39 is 0 Å². The molecule has 226 valence electrons. The molecular weight excluding hydrogens is 518 g/mol. The SMILES string of the molecule is C=C(NC[C@@H]1CCC[C@H](c2cccc(C)c2)O1)/C(C)=C(\N=C(\C)N)C(=O)N1CCC(N[C@@H]2CCOC[C@@H]2OC)CC1. The number of allylic oxidation sites excluding steroid dienone is 1. The van der Waals surface area contributed by atoms with Gasteiger partial charge in [-0.05, 0) is 64.9 Å². The van der Waals surface area contributed by atoms with Crippen LogP contribution in [0.1, 0.15) is 69.6 Å². The maximum Gasteiger partial charge on any atom is 0.272 e. The number of hydrogen-bond acceptors (Lipinski definition) is 7. The minimum absolute atomic E-state index is 0.0633. The summed E-state index contributed by atoms with van der Waals surface area (Å²) in [6.45, 7) is 13.2. The highest BCUT2D eigenvalue weighted by Crippen LogP contribution is 2.31. The molecule has 9 nitrogen and oxygen atoms in total. The summed E-state index contributed by atoms with van der Waals surface area (Å²) in [6.07, 6.45) is 6.03. The Hall–Kier alpha value is -2.72. The van der Waals surface area contributed by atoms with Gasteiger partial charge in [-0.15, -0.1) is 0 Å². The van der Waals surface area contributed by atoms with Gasteiger partial charge in [0.05, 0.1) is 30.8 Å². The summed E-state index contributed by atoms with van der Waals surface area (Å²) in [7, 11) is 1.73. The second-order valence-electron chi connectivity index (χ2n) is 11.7. The van der Waals surface area contributed by atoms with E-state index in [9.17, 15) is 4.79 Å². The van der Waals surface area contributed by atoms with E-state index in [1.165, 1.54) is 11.1 Å². The Labute approximate surface area is 245 Å². The first kappa shape index (κ1) is 31.2. The highest BCUT2D eigenvalue weighted by molar-refractivity contribution is 5.97. The zero-order valence-electron chi connectivity index (χ0n) is 25.3. The lowest BCUT2D eigenvalue weighted by atomic mass is 9.97. The van der Waals surface area contributed by atoms with Crippen molar-refractivity contribution < 1.29 is 19.0 Å². The highest BCUT2D eigenvalue weighted by Gasteiger charge is 2.31. The summed E-state index contributed by atoms with van der Waals surface area (Å²) in [6, 6.07) is 9.16. The molecule has 3 aliphatic heterocycles. The van der Waals surface area contributed by atoms with Crippen LogP contribution in [-0.4, -0.2) is 80.9 Å². The number of hydrogen-bond donors (Lipinski definition) is 3. The second kappa shape index (κ2) is 15.0. The number of benzene rings is 1. The number of amidine groups is 1. The molecule has 41 heavy (non-hydrogen) atoms. The van der Waals surface area contributed by atoms with E-state index in [0.717, 1.165) is 45.1 Å². The number of ether oxygens (including phenoxy) is 3. The molecule has 1 aromatic rings. The molecule has 4 rings (SSSR count). The largest absolute Gasteiger partial charge is 0.387 e. The van der Waals surface area contributed by atoms with Crippen LogP contribution < -0.4 is 16.4 Å². The van der Waals surface area contributed by atoms with Gasteiger partial charge >= 0.3 is 0 Å². The number of nitrogens with two attached hydrogens (primary N) is 1. The van der Waals surface area contributed by atoms with Crippen LogP contribution in [0.15, 0.2) is 52.8 Å². The van der Waals surface area contributed by atoms with E-state index >= 15 is 0 Å². The Balaban J connectivity index is 1.33. The molecule has 0 spiro atoms. The number of likely N-dealkylation sites (tertiary alicyclic amines) is 1. The molecule has 3 fully saturated rings. The summed E-state index contributed by atoms with van der Waals surface area (Å²) < 4.78 is 17.6. The first-order chi connectivity index (χ1) is 19.7. The number of rotatable bonds is 10. The minimum Gasteiger partial charge on any atom is -0.387 e. The van der Waals surface area contributed by atoms with Gasteiger partial charge in [0, 0.05) is 56.7 Å². The monoisotopic (exact) mass is 567 g/mol. The molecule has 1 amide bonds. The number of nitrogens with zero attached hydrogens (tertiary/aromatic N) is 2. The number of carbonyl (C=O) groups excluding carboxylic acids is 1. The topological polar surface area (TPSA) is 110 Å². The second-order valence-corrected chi connectivity index (χ2v) is 11.7. The summed E-state index contributed by atoms with van der Waals surface area (Å²) in [4.78, 5) is 20.0. The first-order valence-electron chi connectivity index (χ1n) is 15.1. The molecule has 0 radical (unpaired) electrons. The van der Waals surface area contributed by atoms with Crippen molar-refractivity contribution in [2.24, 2.45) is 10.7 Å². The van der Waals surface area contributed by atoms with Gasteiger partial charge in [-0.3, -0.25) is 4.79 Å². The maximum atomic E-state index is 13.7. The zero-order chi connectivity index (χ0) is 29.4. The maximum absolute atomic E-state index is 13.7. The molecule has 1 aromatic carbocycles. The van der Waals surface area contributed by atoms with Crippen LogP contribution >= 0.6 is 0 Å². The van der Waals surface area contributed by atoms with Gasteiger partial charge in [0.25, 0.3) is 5.91 Å². The lowest BCUT2D eigenvalue weighted by molar-refractivity contribution is -0.128.